The highest BCUT2D eigenvalue weighted by atomic mass is 79.9. The molecule has 24 valence electrons. The fourth-order valence-electron chi connectivity index (χ4n) is 0. The molecule has 0 aromatic carbocycles. The fraction of sp³-hybridized carbons (Fsp3) is 0. The van der Waals surface area contributed by atoms with E-state index >= 15 is 0 Å². The molecule has 0 radical (unpaired) electrons. The van der Waals surface area contributed by atoms with Crippen LogP contribution in [0.4, 0.5) is 0 Å². The minimum Gasteiger partial charge on any atom is -0.136 e. The van der Waals surface area contributed by atoms with Gasteiger partial charge in [0.2, 0.25) is 0 Å². The number of hydrogen-bond acceptors (Lipinski definition) is 1. The zero-order chi connectivity index (χ0) is 3.58. The molecule has 1 unspecified atom stereocenters. The molecular formula is H2BrNPS+. The summed E-state index contributed by atoms with van der Waals surface area (Å²) in [5, 5.41) is 0. The molecule has 0 aliphatic carbocycles. The quantitative estimate of drug-likeness (QED) is 0.535. The van der Waals surface area contributed by atoms with Gasteiger partial charge in [0.25, 0.3) is 15.5 Å². The Bertz CT molecular complexity index is 31.0. The van der Waals surface area contributed by atoms with E-state index in [2.05, 4.69) is 27.3 Å². The third-order valence-corrected chi connectivity index (χ3v) is 0. The Morgan fingerprint density at radius 2 is 2.00 bits per heavy atom. The van der Waals surface area contributed by atoms with Crippen molar-refractivity contribution >= 4 is 32.8 Å². The van der Waals surface area contributed by atoms with Crippen molar-refractivity contribution in [2.75, 3.05) is 0 Å². The van der Waals surface area contributed by atoms with Crippen molar-refractivity contribution in [2.24, 2.45) is 5.50 Å². The monoisotopic (exact) mass is 158 g/mol. The van der Waals surface area contributed by atoms with Crippen molar-refractivity contribution in [2.45, 2.75) is 0 Å². The Balaban J connectivity index is 2.80. The zero-order valence-electron chi connectivity index (χ0n) is 1.81. The van der Waals surface area contributed by atoms with E-state index in [1.165, 1.54) is 0 Å². The maximum atomic E-state index is 4.91. The van der Waals surface area contributed by atoms with E-state index in [-0.39, 0.29) is 0 Å². The Hall–Kier alpha value is 0.960. The second kappa shape index (κ2) is 2.21. The van der Waals surface area contributed by atoms with Crippen molar-refractivity contribution in [3.63, 3.8) is 0 Å². The van der Waals surface area contributed by atoms with E-state index in [9.17, 15) is 0 Å². The molecule has 1 nitrogen and oxygen atoms in total. The summed E-state index contributed by atoms with van der Waals surface area (Å²) in [6.07, 6.45) is 0. The predicted molar refractivity (Wildman–Crippen MR) is 27.4 cm³/mol. The average Bonchev–Trinajstić information content (AvgIpc) is 0.811. The van der Waals surface area contributed by atoms with Crippen molar-refractivity contribution in [1.29, 1.82) is 0 Å². The molecular weight excluding hydrogens is 157 g/mol. The first kappa shape index (κ1) is 4.96. The van der Waals surface area contributed by atoms with E-state index in [4.69, 9.17) is 5.50 Å². The Morgan fingerprint density at radius 3 is 2.00 bits per heavy atom. The molecule has 2 N–H and O–H groups in total. The lowest BCUT2D eigenvalue weighted by Gasteiger charge is -1.38. The lowest BCUT2D eigenvalue weighted by molar-refractivity contribution is 2.05. The van der Waals surface area contributed by atoms with Crippen molar-refractivity contribution in [3.05, 3.63) is 0 Å². The van der Waals surface area contributed by atoms with Gasteiger partial charge in [-0.05, 0) is 0 Å². The lowest BCUT2D eigenvalue weighted by atomic mass is 13.9. The van der Waals surface area contributed by atoms with Gasteiger partial charge in [0.05, 0.1) is 0 Å². The third-order valence-electron chi connectivity index (χ3n) is 0. The first-order chi connectivity index (χ1) is 1.73. The van der Waals surface area contributed by atoms with Gasteiger partial charge in [-0.3, -0.25) is 0 Å². The Kier molecular flexibility index (Phi) is 2.74. The molecule has 4 heteroatoms. The zero-order valence-corrected chi connectivity index (χ0v) is 5.11. The summed E-state index contributed by atoms with van der Waals surface area (Å²) >= 11 is 7.31. The molecule has 1 atom stereocenters. The van der Waals surface area contributed by atoms with Gasteiger partial charge < -0.3 is 0 Å². The topological polar surface area (TPSA) is 26.0 Å². The van der Waals surface area contributed by atoms with E-state index in [1.54, 1.807) is 0 Å². The third kappa shape index (κ3) is 12.3. The highest BCUT2D eigenvalue weighted by Gasteiger charge is 1.81. The Morgan fingerprint density at radius 1 is 2.00 bits per heavy atom. The molecule has 0 fully saturated rings. The van der Waals surface area contributed by atoms with Crippen molar-refractivity contribution < 1.29 is 0 Å². The summed E-state index contributed by atoms with van der Waals surface area (Å²) in [6.45, 7) is 0. The molecule has 0 bridgehead atoms. The molecule has 4 heavy (non-hydrogen) atoms. The minimum atomic E-state index is -0.725. The van der Waals surface area contributed by atoms with Gasteiger partial charge in [-0.1, -0.05) is 0 Å². The van der Waals surface area contributed by atoms with Gasteiger partial charge in [-0.25, -0.2) is 0 Å². The number of rotatable bonds is 0. The summed E-state index contributed by atoms with van der Waals surface area (Å²) in [6, 6.07) is 0. The van der Waals surface area contributed by atoms with Crippen LogP contribution in [-0.2, 0) is 11.8 Å². The van der Waals surface area contributed by atoms with E-state index in [0.29, 0.717) is 0 Å². The van der Waals surface area contributed by atoms with Crippen LogP contribution in [0.25, 0.3) is 0 Å². The first-order valence-electron chi connectivity index (χ1n) is 0.610. The van der Waals surface area contributed by atoms with Crippen molar-refractivity contribution in [1.82, 2.24) is 0 Å². The van der Waals surface area contributed by atoms with Gasteiger partial charge in [0.1, 0.15) is 0 Å². The van der Waals surface area contributed by atoms with Crippen LogP contribution < -0.4 is 5.50 Å². The summed E-state index contributed by atoms with van der Waals surface area (Å²) in [5.41, 5.74) is 4.18. The molecule has 0 spiro atoms. The molecule has 0 aliphatic rings. The van der Waals surface area contributed by atoms with Crippen LogP contribution in [-0.4, -0.2) is 0 Å². The molecule has 0 aliphatic heterocycles. The van der Waals surface area contributed by atoms with Crippen LogP contribution in [0.1, 0.15) is 0 Å². The summed E-state index contributed by atoms with van der Waals surface area (Å²) < 4.78 is 0. The highest BCUT2D eigenvalue weighted by Crippen LogP contribution is 2.17. The van der Waals surface area contributed by atoms with Gasteiger partial charge in [0.15, 0.2) is 11.8 Å². The fourth-order valence-corrected chi connectivity index (χ4v) is 0. The first-order valence-corrected chi connectivity index (χ1v) is 5.05. The average molecular weight is 159 g/mol. The maximum absolute atomic E-state index is 4.91. The van der Waals surface area contributed by atoms with E-state index in [0.717, 1.165) is 0 Å². The lowest BCUT2D eigenvalue weighted by Crippen LogP contribution is -1.60. The number of hydrogen-bond donors (Lipinski definition) is 1. The summed E-state index contributed by atoms with van der Waals surface area (Å²) in [7, 11) is 0. The normalized spacial score (nSPS) is 11.0. The van der Waals surface area contributed by atoms with E-state index < -0.39 is 5.55 Å². The van der Waals surface area contributed by atoms with Gasteiger partial charge in [-0.2, -0.15) is 0 Å². The second-order valence-electron chi connectivity index (χ2n) is 0.272. The van der Waals surface area contributed by atoms with Gasteiger partial charge >= 0.3 is 5.55 Å². The van der Waals surface area contributed by atoms with Gasteiger partial charge in [0, 0.05) is 0 Å². The van der Waals surface area contributed by atoms with Crippen LogP contribution in [0.3, 0.4) is 0 Å². The van der Waals surface area contributed by atoms with Crippen LogP contribution in [0, 0.1) is 0 Å². The minimum absolute atomic E-state index is 0.725. The van der Waals surface area contributed by atoms with Crippen molar-refractivity contribution in [3.8, 4) is 0 Å². The molecule has 0 aromatic rings. The molecule has 0 amide bonds. The molecule has 0 rings (SSSR count). The second-order valence-corrected chi connectivity index (χ2v) is 5.70. The summed E-state index contributed by atoms with van der Waals surface area (Å²) in [5.74, 6) is 0. The number of nitrogens with two attached hydrogens (primary N) is 1. The van der Waals surface area contributed by atoms with Crippen LogP contribution in [0.15, 0.2) is 0 Å². The van der Waals surface area contributed by atoms with E-state index in [1.807, 2.05) is 0 Å². The molecule has 0 heterocycles. The Labute approximate surface area is 38.8 Å². The molecule has 0 aromatic heterocycles. The smallest absolute Gasteiger partial charge is 0.136 e. The standard InChI is InChI=1S/BrH2NPS/c1-3(2)4/h(H2,2,4)/q+1. The molecule has 0 saturated heterocycles. The highest BCUT2D eigenvalue weighted by molar-refractivity contribution is 9.40. The van der Waals surface area contributed by atoms with Crippen LogP contribution >= 0.6 is 21.0 Å². The SMILES string of the molecule is N[P+](=S)Br. The maximum Gasteiger partial charge on any atom is 0.342 e. The largest absolute Gasteiger partial charge is 0.342 e. The summed E-state index contributed by atoms with van der Waals surface area (Å²) in [4.78, 5) is 0. The van der Waals surface area contributed by atoms with Crippen LogP contribution in [0.2, 0.25) is 0 Å². The molecule has 0 saturated carbocycles. The predicted octanol–water partition coefficient (Wildman–Crippen LogP) is 1.11. The number of halogens is 1. The van der Waals surface area contributed by atoms with Gasteiger partial charge in [-0.15, -0.1) is 5.50 Å². The van der Waals surface area contributed by atoms with Crippen LogP contribution in [0.5, 0.6) is 0 Å².